The van der Waals surface area contributed by atoms with Crippen LogP contribution in [0.2, 0.25) is 0 Å². The van der Waals surface area contributed by atoms with E-state index in [-0.39, 0.29) is 17.4 Å². The average molecular weight is 414 g/mol. The molecule has 1 fully saturated rings. The highest BCUT2D eigenvalue weighted by atomic mass is 16.1. The third kappa shape index (κ3) is 3.79. The first-order valence-electron chi connectivity index (χ1n) is 9.88. The Morgan fingerprint density at radius 1 is 1.06 bits per heavy atom. The molecule has 4 rings (SSSR count). The van der Waals surface area contributed by atoms with Crippen LogP contribution < -0.4 is 11.5 Å². The van der Waals surface area contributed by atoms with Crippen LogP contribution in [-0.2, 0) is 5.54 Å². The number of ketones is 1. The monoisotopic (exact) mass is 414 g/mol. The smallest absolute Gasteiger partial charge is 0.251 e. The van der Waals surface area contributed by atoms with Crippen molar-refractivity contribution >= 4 is 11.7 Å². The molecule has 0 bridgehead atoms. The van der Waals surface area contributed by atoms with E-state index < -0.39 is 11.4 Å². The van der Waals surface area contributed by atoms with E-state index in [1.54, 1.807) is 40.0 Å². The number of nitrogens with two attached hydrogens (primary N) is 2. The summed E-state index contributed by atoms with van der Waals surface area (Å²) in [6.07, 6.45) is 5.68. The predicted molar refractivity (Wildman–Crippen MR) is 114 cm³/mol. The minimum Gasteiger partial charge on any atom is -0.366 e. The molecule has 1 aromatic heterocycles. The first-order valence-corrected chi connectivity index (χ1v) is 9.88. The summed E-state index contributed by atoms with van der Waals surface area (Å²) in [5.41, 5.74) is 13.2. The van der Waals surface area contributed by atoms with Crippen molar-refractivity contribution in [1.29, 1.82) is 5.26 Å². The lowest BCUT2D eigenvalue weighted by Gasteiger charge is -2.44. The SMILES string of the molecule is N#CN1CC(N)CC(c2ccc(C(=O)c3ccccc3)cc2)(n2cc(C(N)=O)cn2)C1. The number of hydrogen-bond donors (Lipinski definition) is 2. The van der Waals surface area contributed by atoms with Gasteiger partial charge >= 0.3 is 0 Å². The van der Waals surface area contributed by atoms with Crippen molar-refractivity contribution in [1.82, 2.24) is 14.7 Å². The van der Waals surface area contributed by atoms with Gasteiger partial charge in [0.05, 0.1) is 18.3 Å². The average Bonchev–Trinajstić information content (AvgIpc) is 3.30. The molecular formula is C23H22N6O2. The summed E-state index contributed by atoms with van der Waals surface area (Å²) in [4.78, 5) is 26.0. The number of hydrogen-bond acceptors (Lipinski definition) is 6. The van der Waals surface area contributed by atoms with Gasteiger partial charge in [0.25, 0.3) is 5.91 Å². The third-order valence-electron chi connectivity index (χ3n) is 5.67. The first-order chi connectivity index (χ1) is 14.9. The van der Waals surface area contributed by atoms with Gasteiger partial charge in [0.1, 0.15) is 5.54 Å². The zero-order chi connectivity index (χ0) is 22.0. The number of piperidine rings is 1. The van der Waals surface area contributed by atoms with Gasteiger partial charge in [-0.15, -0.1) is 0 Å². The maximum atomic E-state index is 12.8. The summed E-state index contributed by atoms with van der Waals surface area (Å²) in [5, 5.41) is 13.9. The normalized spacial score (nSPS) is 20.8. The molecule has 1 amide bonds. The third-order valence-corrected chi connectivity index (χ3v) is 5.67. The van der Waals surface area contributed by atoms with Gasteiger partial charge in [-0.05, 0) is 12.0 Å². The number of nitriles is 1. The highest BCUT2D eigenvalue weighted by molar-refractivity contribution is 6.08. The van der Waals surface area contributed by atoms with Gasteiger partial charge in [-0.25, -0.2) is 0 Å². The van der Waals surface area contributed by atoms with E-state index in [2.05, 4.69) is 11.3 Å². The van der Waals surface area contributed by atoms with Crippen LogP contribution in [0, 0.1) is 11.5 Å². The number of benzene rings is 2. The minimum absolute atomic E-state index is 0.0738. The number of nitrogens with zero attached hydrogens (tertiary/aromatic N) is 4. The number of rotatable bonds is 5. The molecule has 0 radical (unpaired) electrons. The molecular weight excluding hydrogens is 392 g/mol. The minimum atomic E-state index is -0.782. The fourth-order valence-corrected chi connectivity index (χ4v) is 4.18. The number of likely N-dealkylation sites (tertiary alicyclic amines) is 1. The standard InChI is InChI=1S/C23H22N6O2/c24-15-28-13-20(25)10-23(14-28,29-12-18(11-27-29)22(26)31)19-8-6-17(7-9-19)21(30)16-4-2-1-3-5-16/h1-9,11-12,20H,10,13-14,25H2,(H2,26,31). The summed E-state index contributed by atoms with van der Waals surface area (Å²) < 4.78 is 1.66. The van der Waals surface area contributed by atoms with E-state index >= 15 is 0 Å². The van der Waals surface area contributed by atoms with Crippen LogP contribution in [0.1, 0.15) is 38.3 Å². The number of carbonyl (C=O) groups excluding carboxylic acids is 2. The van der Waals surface area contributed by atoms with Gasteiger partial charge < -0.3 is 16.4 Å². The second kappa shape index (κ2) is 8.05. The van der Waals surface area contributed by atoms with Crippen molar-refractivity contribution < 1.29 is 9.59 Å². The van der Waals surface area contributed by atoms with Crippen molar-refractivity contribution in [2.45, 2.75) is 18.0 Å². The Kier molecular flexibility index (Phi) is 5.28. The molecule has 156 valence electrons. The number of aromatic nitrogens is 2. The largest absolute Gasteiger partial charge is 0.366 e. The summed E-state index contributed by atoms with van der Waals surface area (Å²) in [7, 11) is 0. The Labute approximate surface area is 179 Å². The van der Waals surface area contributed by atoms with Gasteiger partial charge in [0, 0.05) is 29.9 Å². The Morgan fingerprint density at radius 3 is 2.35 bits per heavy atom. The molecule has 8 heteroatoms. The van der Waals surface area contributed by atoms with Crippen molar-refractivity contribution in [3.63, 3.8) is 0 Å². The van der Waals surface area contributed by atoms with Gasteiger partial charge in [-0.3, -0.25) is 14.3 Å². The Morgan fingerprint density at radius 2 is 1.74 bits per heavy atom. The Balaban J connectivity index is 1.76. The van der Waals surface area contributed by atoms with E-state index in [9.17, 15) is 14.9 Å². The van der Waals surface area contributed by atoms with Gasteiger partial charge in [0.15, 0.2) is 12.0 Å². The molecule has 1 aliphatic rings. The Hall–Kier alpha value is -3.96. The van der Waals surface area contributed by atoms with Crippen LogP contribution in [0.15, 0.2) is 67.0 Å². The molecule has 8 nitrogen and oxygen atoms in total. The maximum absolute atomic E-state index is 12.8. The molecule has 2 atom stereocenters. The molecule has 0 saturated carbocycles. The van der Waals surface area contributed by atoms with E-state index in [0.29, 0.717) is 30.6 Å². The highest BCUT2D eigenvalue weighted by Gasteiger charge is 2.43. The number of primary amides is 1. The van der Waals surface area contributed by atoms with Crippen LogP contribution in [-0.4, -0.2) is 45.5 Å². The first kappa shape index (κ1) is 20.3. The second-order valence-electron chi connectivity index (χ2n) is 7.79. The zero-order valence-electron chi connectivity index (χ0n) is 16.8. The molecule has 0 spiro atoms. The second-order valence-corrected chi connectivity index (χ2v) is 7.79. The lowest BCUT2D eigenvalue weighted by atomic mass is 9.80. The van der Waals surface area contributed by atoms with Gasteiger partial charge in [-0.1, -0.05) is 54.6 Å². The summed E-state index contributed by atoms with van der Waals surface area (Å²) in [6, 6.07) is 16.0. The predicted octanol–water partition coefficient (Wildman–Crippen LogP) is 1.47. The van der Waals surface area contributed by atoms with Crippen LogP contribution in [0.3, 0.4) is 0 Å². The van der Waals surface area contributed by atoms with Crippen molar-refractivity contribution in [3.05, 3.63) is 89.2 Å². The van der Waals surface area contributed by atoms with Crippen molar-refractivity contribution in [3.8, 4) is 6.19 Å². The lowest BCUT2D eigenvalue weighted by molar-refractivity contribution is 0.0997. The molecule has 4 N–H and O–H groups in total. The van der Waals surface area contributed by atoms with E-state index in [0.717, 1.165) is 5.56 Å². The topological polar surface area (TPSA) is 131 Å². The summed E-state index contributed by atoms with van der Waals surface area (Å²) in [6.45, 7) is 0.774. The van der Waals surface area contributed by atoms with E-state index in [1.807, 2.05) is 30.3 Å². The fraction of sp³-hybridized carbons (Fsp3) is 0.217. The van der Waals surface area contributed by atoms with E-state index in [4.69, 9.17) is 11.5 Å². The van der Waals surface area contributed by atoms with Crippen LogP contribution in [0.5, 0.6) is 0 Å². The fourth-order valence-electron chi connectivity index (χ4n) is 4.18. The van der Waals surface area contributed by atoms with Crippen LogP contribution in [0.25, 0.3) is 0 Å². The molecule has 0 aliphatic carbocycles. The van der Waals surface area contributed by atoms with Crippen molar-refractivity contribution in [2.75, 3.05) is 13.1 Å². The molecule has 1 saturated heterocycles. The van der Waals surface area contributed by atoms with Crippen molar-refractivity contribution in [2.24, 2.45) is 11.5 Å². The van der Waals surface area contributed by atoms with E-state index in [1.165, 1.54) is 6.20 Å². The molecule has 2 aromatic carbocycles. The highest BCUT2D eigenvalue weighted by Crippen LogP contribution is 2.35. The van der Waals surface area contributed by atoms with Crippen LogP contribution in [0.4, 0.5) is 0 Å². The van der Waals surface area contributed by atoms with Gasteiger partial charge in [-0.2, -0.15) is 10.4 Å². The maximum Gasteiger partial charge on any atom is 0.251 e. The van der Waals surface area contributed by atoms with Gasteiger partial charge in [0.2, 0.25) is 0 Å². The molecule has 2 heterocycles. The number of carbonyl (C=O) groups is 2. The molecule has 3 aromatic rings. The number of amides is 1. The van der Waals surface area contributed by atoms with Crippen LogP contribution >= 0.6 is 0 Å². The summed E-state index contributed by atoms with van der Waals surface area (Å²) >= 11 is 0. The zero-order valence-corrected chi connectivity index (χ0v) is 16.8. The molecule has 31 heavy (non-hydrogen) atoms. The summed E-state index contributed by atoms with van der Waals surface area (Å²) in [5.74, 6) is -0.655. The Bertz CT molecular complexity index is 1150. The molecule has 1 aliphatic heterocycles. The molecule has 2 unspecified atom stereocenters. The quantitative estimate of drug-likeness (QED) is 0.480. The lowest BCUT2D eigenvalue weighted by Crippen LogP contribution is -2.56.